The maximum atomic E-state index is 12.8. The summed E-state index contributed by atoms with van der Waals surface area (Å²) >= 11 is 0. The van der Waals surface area contributed by atoms with Crippen molar-refractivity contribution >= 4 is 11.8 Å². The molecule has 30 heavy (non-hydrogen) atoms. The van der Waals surface area contributed by atoms with E-state index in [2.05, 4.69) is 14.8 Å². The predicted molar refractivity (Wildman–Crippen MR) is 112 cm³/mol. The minimum absolute atomic E-state index is 0.188. The van der Waals surface area contributed by atoms with Crippen molar-refractivity contribution in [3.63, 3.8) is 0 Å². The van der Waals surface area contributed by atoms with Crippen LogP contribution in [0.4, 0.5) is 0 Å². The van der Waals surface area contributed by atoms with Gasteiger partial charge >= 0.3 is 5.97 Å². The molecular formula is C23H25N3O4. The second-order valence-corrected chi connectivity index (χ2v) is 7.55. The Morgan fingerprint density at radius 1 is 1.23 bits per heavy atom. The Morgan fingerprint density at radius 2 is 2.03 bits per heavy atom. The molecule has 4 rings (SSSR count). The fourth-order valence-corrected chi connectivity index (χ4v) is 3.91. The fourth-order valence-electron chi connectivity index (χ4n) is 3.91. The first-order chi connectivity index (χ1) is 14.5. The highest BCUT2D eigenvalue weighted by Crippen LogP contribution is 2.23. The highest BCUT2D eigenvalue weighted by atomic mass is 16.5. The van der Waals surface area contributed by atoms with E-state index in [0.29, 0.717) is 16.8 Å². The number of esters is 1. The van der Waals surface area contributed by atoms with Gasteiger partial charge in [0.05, 0.1) is 18.0 Å². The molecular weight excluding hydrogens is 382 g/mol. The van der Waals surface area contributed by atoms with Gasteiger partial charge in [0.2, 0.25) is 5.78 Å². The molecule has 0 amide bonds. The summed E-state index contributed by atoms with van der Waals surface area (Å²) in [4.78, 5) is 25.3. The summed E-state index contributed by atoms with van der Waals surface area (Å²) in [5.41, 5.74) is 4.15. The lowest BCUT2D eigenvalue weighted by molar-refractivity contribution is 0.0475. The highest BCUT2D eigenvalue weighted by molar-refractivity contribution is 6.01. The Bertz CT molecular complexity index is 1050. The quantitative estimate of drug-likeness (QED) is 0.477. The monoisotopic (exact) mass is 407 g/mol. The number of hydrogen-bond acceptors (Lipinski definition) is 5. The largest absolute Gasteiger partial charge is 0.454 e. The standard InChI is InChI=1S/C23H25N3O4/c1-15-11-19(16(2)26(15)13-18-9-6-10-29-18)21(27)14-30-23(28)20-12-24-25-22(20)17-7-4-3-5-8-17/h3-5,7-8,11-12,18H,6,9-10,13-14H2,1-2H3,(H,24,25)/t18-/m1/s1. The molecule has 3 heterocycles. The van der Waals surface area contributed by atoms with Crippen molar-refractivity contribution in [1.29, 1.82) is 0 Å². The number of Topliss-reactive ketones (excluding diaryl/α,β-unsaturated/α-hetero) is 1. The van der Waals surface area contributed by atoms with E-state index in [1.54, 1.807) is 0 Å². The van der Waals surface area contributed by atoms with Crippen LogP contribution in [-0.2, 0) is 16.0 Å². The Morgan fingerprint density at radius 3 is 2.77 bits per heavy atom. The first kappa shape index (κ1) is 20.1. The van der Waals surface area contributed by atoms with Crippen LogP contribution >= 0.6 is 0 Å². The van der Waals surface area contributed by atoms with Crippen molar-refractivity contribution in [3.05, 3.63) is 65.1 Å². The Kier molecular flexibility index (Phi) is 5.81. The second kappa shape index (κ2) is 8.67. The molecule has 0 aliphatic carbocycles. The maximum Gasteiger partial charge on any atom is 0.342 e. The van der Waals surface area contributed by atoms with E-state index < -0.39 is 5.97 Å². The lowest BCUT2D eigenvalue weighted by Gasteiger charge is -2.14. The van der Waals surface area contributed by atoms with Gasteiger partial charge in [-0.15, -0.1) is 0 Å². The van der Waals surface area contributed by atoms with Crippen molar-refractivity contribution in [2.24, 2.45) is 0 Å². The van der Waals surface area contributed by atoms with E-state index in [1.165, 1.54) is 6.20 Å². The molecule has 2 aromatic heterocycles. The van der Waals surface area contributed by atoms with Gasteiger partial charge in [-0.3, -0.25) is 9.89 Å². The Hall–Kier alpha value is -3.19. The van der Waals surface area contributed by atoms with Crippen LogP contribution in [0.2, 0.25) is 0 Å². The van der Waals surface area contributed by atoms with Gasteiger partial charge in [0.25, 0.3) is 0 Å². The molecule has 1 fully saturated rings. The number of aromatic amines is 1. The fraction of sp³-hybridized carbons (Fsp3) is 0.348. The number of rotatable bonds is 7. The molecule has 0 radical (unpaired) electrons. The zero-order chi connectivity index (χ0) is 21.1. The molecule has 1 saturated heterocycles. The number of aryl methyl sites for hydroxylation is 1. The molecule has 1 N–H and O–H groups in total. The van der Waals surface area contributed by atoms with Crippen LogP contribution in [0.5, 0.6) is 0 Å². The minimum Gasteiger partial charge on any atom is -0.454 e. The van der Waals surface area contributed by atoms with Gasteiger partial charge in [0, 0.05) is 35.7 Å². The smallest absolute Gasteiger partial charge is 0.342 e. The summed E-state index contributed by atoms with van der Waals surface area (Å²) < 4.78 is 13.1. The van der Waals surface area contributed by atoms with Crippen molar-refractivity contribution in [1.82, 2.24) is 14.8 Å². The van der Waals surface area contributed by atoms with Crippen LogP contribution in [0.1, 0.15) is 44.9 Å². The molecule has 1 aliphatic rings. The molecule has 0 spiro atoms. The Labute approximate surface area is 175 Å². The lowest BCUT2D eigenvalue weighted by Crippen LogP contribution is -2.18. The average molecular weight is 407 g/mol. The summed E-state index contributed by atoms with van der Waals surface area (Å²) in [6, 6.07) is 11.2. The van der Waals surface area contributed by atoms with Crippen molar-refractivity contribution in [2.45, 2.75) is 39.3 Å². The van der Waals surface area contributed by atoms with Crippen LogP contribution in [0.15, 0.2) is 42.6 Å². The predicted octanol–water partition coefficient (Wildman–Crippen LogP) is 3.71. The van der Waals surface area contributed by atoms with Gasteiger partial charge in [-0.05, 0) is 32.8 Å². The number of carbonyl (C=O) groups excluding carboxylic acids is 2. The first-order valence-electron chi connectivity index (χ1n) is 10.1. The average Bonchev–Trinajstić information content (AvgIpc) is 3.50. The topological polar surface area (TPSA) is 86.2 Å². The molecule has 1 atom stereocenters. The summed E-state index contributed by atoms with van der Waals surface area (Å²) in [6.45, 7) is 5.11. The zero-order valence-electron chi connectivity index (χ0n) is 17.2. The number of aromatic nitrogens is 3. The molecule has 7 nitrogen and oxygen atoms in total. The van der Waals surface area contributed by atoms with Gasteiger partial charge in [-0.1, -0.05) is 30.3 Å². The third-order valence-electron chi connectivity index (χ3n) is 5.54. The van der Waals surface area contributed by atoms with Crippen molar-refractivity contribution < 1.29 is 19.1 Å². The molecule has 1 aliphatic heterocycles. The second-order valence-electron chi connectivity index (χ2n) is 7.55. The zero-order valence-corrected chi connectivity index (χ0v) is 17.2. The molecule has 0 unspecified atom stereocenters. The number of ether oxygens (including phenoxy) is 2. The molecule has 0 saturated carbocycles. The molecule has 1 aromatic carbocycles. The summed E-state index contributed by atoms with van der Waals surface area (Å²) in [6.07, 6.45) is 3.72. The molecule has 3 aromatic rings. The van der Waals surface area contributed by atoms with E-state index in [0.717, 1.165) is 42.9 Å². The van der Waals surface area contributed by atoms with Gasteiger partial charge < -0.3 is 14.0 Å². The van der Waals surface area contributed by atoms with Gasteiger partial charge in [0.1, 0.15) is 5.56 Å². The number of carbonyl (C=O) groups is 2. The summed E-state index contributed by atoms with van der Waals surface area (Å²) in [5, 5.41) is 6.78. The molecule has 7 heteroatoms. The third kappa shape index (κ3) is 4.07. The number of nitrogens with zero attached hydrogens (tertiary/aromatic N) is 2. The van der Waals surface area contributed by atoms with Crippen LogP contribution in [-0.4, -0.2) is 45.8 Å². The minimum atomic E-state index is -0.580. The molecule has 0 bridgehead atoms. The number of ketones is 1. The van der Waals surface area contributed by atoms with Crippen LogP contribution in [0.25, 0.3) is 11.3 Å². The maximum absolute atomic E-state index is 12.8. The normalized spacial score (nSPS) is 16.0. The summed E-state index contributed by atoms with van der Waals surface area (Å²) in [5.74, 6) is -0.802. The number of nitrogens with one attached hydrogen (secondary N) is 1. The number of hydrogen-bond donors (Lipinski definition) is 1. The first-order valence-corrected chi connectivity index (χ1v) is 10.1. The summed E-state index contributed by atoms with van der Waals surface area (Å²) in [7, 11) is 0. The van der Waals surface area contributed by atoms with Gasteiger partial charge in [0.15, 0.2) is 6.61 Å². The van der Waals surface area contributed by atoms with E-state index in [9.17, 15) is 9.59 Å². The van der Waals surface area contributed by atoms with E-state index in [1.807, 2.05) is 50.2 Å². The third-order valence-corrected chi connectivity index (χ3v) is 5.54. The molecule has 156 valence electrons. The van der Waals surface area contributed by atoms with Crippen molar-refractivity contribution in [3.8, 4) is 11.3 Å². The SMILES string of the molecule is Cc1cc(C(=O)COC(=O)c2cn[nH]c2-c2ccccc2)c(C)n1C[C@H]1CCCO1. The number of benzene rings is 1. The van der Waals surface area contributed by atoms with Crippen LogP contribution in [0, 0.1) is 13.8 Å². The van der Waals surface area contributed by atoms with Crippen LogP contribution < -0.4 is 0 Å². The van der Waals surface area contributed by atoms with E-state index in [4.69, 9.17) is 9.47 Å². The van der Waals surface area contributed by atoms with Gasteiger partial charge in [-0.25, -0.2) is 4.79 Å². The van der Waals surface area contributed by atoms with E-state index in [-0.39, 0.29) is 18.5 Å². The van der Waals surface area contributed by atoms with Crippen LogP contribution in [0.3, 0.4) is 0 Å². The lowest BCUT2D eigenvalue weighted by atomic mass is 10.1. The number of H-pyrrole nitrogens is 1. The van der Waals surface area contributed by atoms with Gasteiger partial charge in [-0.2, -0.15) is 5.10 Å². The van der Waals surface area contributed by atoms with E-state index >= 15 is 0 Å². The van der Waals surface area contributed by atoms with Crippen molar-refractivity contribution in [2.75, 3.05) is 13.2 Å². The highest BCUT2D eigenvalue weighted by Gasteiger charge is 2.23. The Balaban J connectivity index is 1.43.